The number of fused-ring (bicyclic) bond motifs is 4. The lowest BCUT2D eigenvalue weighted by atomic mass is 9.96. The summed E-state index contributed by atoms with van der Waals surface area (Å²) in [5.41, 5.74) is 3.38. The van der Waals surface area contributed by atoms with E-state index in [4.69, 9.17) is 9.47 Å². The zero-order valence-electron chi connectivity index (χ0n) is 26.9. The average molecular weight is 660 g/mol. The molecule has 2 aromatic carbocycles. The SMILES string of the molecule is Cc1cccc(C)c1-c1cc2nc(n1)NS(=O)(=O)c1cccc(c1)C(=O)N(Cc1ncc(OC3CCC3)cc1F)[C@H](CC(C)C)CO2. The molecule has 0 unspecified atom stereocenters. The molecule has 10 nitrogen and oxygen atoms in total. The molecule has 2 aliphatic rings. The second kappa shape index (κ2) is 13.3. The molecule has 4 bridgehead atoms. The van der Waals surface area contributed by atoms with Crippen molar-refractivity contribution >= 4 is 21.9 Å². The van der Waals surface area contributed by atoms with Gasteiger partial charge < -0.3 is 14.4 Å². The number of pyridine rings is 1. The fourth-order valence-corrected chi connectivity index (χ4v) is 6.87. The van der Waals surface area contributed by atoms with Crippen LogP contribution in [0.3, 0.4) is 0 Å². The molecule has 0 spiro atoms. The van der Waals surface area contributed by atoms with Crippen LogP contribution in [-0.4, -0.2) is 52.9 Å². The fourth-order valence-electron chi connectivity index (χ4n) is 5.88. The van der Waals surface area contributed by atoms with Crippen LogP contribution in [0.1, 0.15) is 66.7 Å². The van der Waals surface area contributed by atoms with Crippen LogP contribution in [0.25, 0.3) is 11.3 Å². The Morgan fingerprint density at radius 2 is 1.81 bits per heavy atom. The Bertz CT molecular complexity index is 1890. The lowest BCUT2D eigenvalue weighted by Gasteiger charge is -2.33. The van der Waals surface area contributed by atoms with Gasteiger partial charge in [-0.25, -0.2) is 22.5 Å². The zero-order valence-corrected chi connectivity index (χ0v) is 27.7. The van der Waals surface area contributed by atoms with E-state index < -0.39 is 27.8 Å². The van der Waals surface area contributed by atoms with Crippen molar-refractivity contribution in [2.45, 2.75) is 77.0 Å². The van der Waals surface area contributed by atoms with Crippen molar-refractivity contribution in [1.29, 1.82) is 0 Å². The highest BCUT2D eigenvalue weighted by atomic mass is 32.2. The van der Waals surface area contributed by atoms with Crippen LogP contribution in [0.5, 0.6) is 11.6 Å². The standard InChI is InChI=1S/C35H38FN5O5S/c1-21(2)14-25-20-45-32-17-30(33-22(3)8-5-9-23(33)4)38-35(39-32)40-47(43,44)28-13-6-10-24(15-28)34(42)41(25)19-31-29(36)16-27(18-37-31)46-26-11-7-12-26/h5-6,8-10,13,15-18,21,25-26H,7,11-12,14,19-20H2,1-4H3,(H,38,39,40)/t25-/m1/s1. The molecule has 1 atom stereocenters. The van der Waals surface area contributed by atoms with Gasteiger partial charge in [0.25, 0.3) is 15.9 Å². The number of amides is 1. The molecule has 1 amide bonds. The van der Waals surface area contributed by atoms with Gasteiger partial charge in [0.15, 0.2) is 0 Å². The summed E-state index contributed by atoms with van der Waals surface area (Å²) in [7, 11) is -4.22. The van der Waals surface area contributed by atoms with Crippen molar-refractivity contribution in [2.24, 2.45) is 5.92 Å². The highest BCUT2D eigenvalue weighted by molar-refractivity contribution is 7.92. The fraction of sp³-hybridized carbons (Fsp3) is 0.371. The number of ether oxygens (including phenoxy) is 2. The molecule has 4 aromatic rings. The van der Waals surface area contributed by atoms with Crippen LogP contribution in [0, 0.1) is 25.6 Å². The molecule has 3 heterocycles. The van der Waals surface area contributed by atoms with Gasteiger partial charge in [0.2, 0.25) is 11.8 Å². The number of aryl methyl sites for hydroxylation is 2. The number of benzene rings is 2. The van der Waals surface area contributed by atoms with Crippen molar-refractivity contribution in [3.8, 4) is 22.9 Å². The van der Waals surface area contributed by atoms with Crippen LogP contribution < -0.4 is 14.2 Å². The predicted octanol–water partition coefficient (Wildman–Crippen LogP) is 6.48. The minimum absolute atomic E-state index is 0.00347. The largest absolute Gasteiger partial charge is 0.489 e. The quantitative estimate of drug-likeness (QED) is 0.239. The molecule has 1 fully saturated rings. The lowest BCUT2D eigenvalue weighted by molar-refractivity contribution is 0.0546. The highest BCUT2D eigenvalue weighted by Gasteiger charge is 2.30. The van der Waals surface area contributed by atoms with E-state index in [2.05, 4.69) is 19.7 Å². The summed E-state index contributed by atoms with van der Waals surface area (Å²) in [6, 6.07) is 14.0. The molecule has 12 heteroatoms. The third-order valence-electron chi connectivity index (χ3n) is 8.49. The van der Waals surface area contributed by atoms with Crippen LogP contribution in [0.15, 0.2) is 65.7 Å². The van der Waals surface area contributed by atoms with Crippen LogP contribution >= 0.6 is 0 Å². The van der Waals surface area contributed by atoms with E-state index in [9.17, 15) is 13.2 Å². The van der Waals surface area contributed by atoms with Gasteiger partial charge in [0, 0.05) is 23.3 Å². The Labute approximate surface area is 274 Å². The maximum Gasteiger partial charge on any atom is 0.264 e. The van der Waals surface area contributed by atoms with E-state index in [1.54, 1.807) is 6.07 Å². The minimum Gasteiger partial charge on any atom is -0.489 e. The van der Waals surface area contributed by atoms with Crippen molar-refractivity contribution in [1.82, 2.24) is 19.9 Å². The summed E-state index contributed by atoms with van der Waals surface area (Å²) in [5.74, 6) is -0.640. The first-order valence-electron chi connectivity index (χ1n) is 15.8. The Balaban J connectivity index is 1.43. The molecule has 1 aliphatic heterocycles. The summed E-state index contributed by atoms with van der Waals surface area (Å²) in [4.78, 5) is 28.9. The summed E-state index contributed by atoms with van der Waals surface area (Å²) in [6.07, 6.45) is 4.97. The van der Waals surface area contributed by atoms with E-state index in [0.29, 0.717) is 17.9 Å². The van der Waals surface area contributed by atoms with Crippen molar-refractivity contribution in [3.63, 3.8) is 0 Å². The normalized spacial score (nSPS) is 17.9. The summed E-state index contributed by atoms with van der Waals surface area (Å²) < 4.78 is 57.2. The van der Waals surface area contributed by atoms with E-state index in [-0.39, 0.29) is 53.2 Å². The molecule has 1 N–H and O–H groups in total. The van der Waals surface area contributed by atoms with Gasteiger partial charge in [-0.3, -0.25) is 9.78 Å². The van der Waals surface area contributed by atoms with Crippen LogP contribution in [0.4, 0.5) is 10.3 Å². The van der Waals surface area contributed by atoms with Crippen LogP contribution in [0.2, 0.25) is 0 Å². The van der Waals surface area contributed by atoms with Crippen molar-refractivity contribution < 1.29 is 27.1 Å². The number of nitrogens with zero attached hydrogens (tertiary/aromatic N) is 4. The predicted molar refractivity (Wildman–Crippen MR) is 175 cm³/mol. The number of rotatable bonds is 7. The first-order valence-corrected chi connectivity index (χ1v) is 17.3. The van der Waals surface area contributed by atoms with E-state index in [1.165, 1.54) is 41.4 Å². The molecular formula is C35H38FN5O5S. The Kier molecular flexibility index (Phi) is 9.14. The first-order chi connectivity index (χ1) is 22.5. The maximum atomic E-state index is 15.5. The topological polar surface area (TPSA) is 124 Å². The Hall–Kier alpha value is -4.58. The Morgan fingerprint density at radius 1 is 1.06 bits per heavy atom. The van der Waals surface area contributed by atoms with E-state index >= 15 is 4.39 Å². The second-order valence-electron chi connectivity index (χ2n) is 12.6. The molecule has 47 heavy (non-hydrogen) atoms. The van der Waals surface area contributed by atoms with Gasteiger partial charge in [-0.05, 0) is 74.8 Å². The third-order valence-corrected chi connectivity index (χ3v) is 9.82. The van der Waals surface area contributed by atoms with Gasteiger partial charge in [0.1, 0.15) is 18.2 Å². The number of carbonyl (C=O) groups is 1. The second-order valence-corrected chi connectivity index (χ2v) is 14.3. The van der Waals surface area contributed by atoms with Gasteiger partial charge in [-0.2, -0.15) is 4.98 Å². The van der Waals surface area contributed by atoms with E-state index in [1.807, 2.05) is 45.9 Å². The van der Waals surface area contributed by atoms with E-state index in [0.717, 1.165) is 36.0 Å². The Morgan fingerprint density at radius 3 is 2.49 bits per heavy atom. The molecule has 1 saturated carbocycles. The van der Waals surface area contributed by atoms with Crippen LogP contribution in [-0.2, 0) is 16.6 Å². The highest BCUT2D eigenvalue weighted by Crippen LogP contribution is 2.31. The molecular weight excluding hydrogens is 621 g/mol. The summed E-state index contributed by atoms with van der Waals surface area (Å²) >= 11 is 0. The van der Waals surface area contributed by atoms with Gasteiger partial charge >= 0.3 is 0 Å². The van der Waals surface area contributed by atoms with Crippen molar-refractivity contribution in [2.75, 3.05) is 11.3 Å². The minimum atomic E-state index is -4.22. The number of hydrogen-bond donors (Lipinski definition) is 1. The molecule has 0 radical (unpaired) electrons. The zero-order chi connectivity index (χ0) is 33.3. The molecule has 0 saturated heterocycles. The lowest BCUT2D eigenvalue weighted by Crippen LogP contribution is -2.44. The maximum absolute atomic E-state index is 15.5. The summed E-state index contributed by atoms with van der Waals surface area (Å²) in [6.45, 7) is 7.77. The molecule has 246 valence electrons. The number of hydrogen-bond acceptors (Lipinski definition) is 8. The number of halogens is 1. The number of sulfonamides is 1. The third kappa shape index (κ3) is 7.22. The smallest absolute Gasteiger partial charge is 0.264 e. The molecule has 6 rings (SSSR count). The number of carbonyl (C=O) groups excluding carboxylic acids is 1. The first kappa shape index (κ1) is 32.4. The molecule has 2 aromatic heterocycles. The number of nitrogens with one attached hydrogen (secondary N) is 1. The number of aromatic nitrogens is 3. The monoisotopic (exact) mass is 659 g/mol. The van der Waals surface area contributed by atoms with Gasteiger partial charge in [-0.15, -0.1) is 0 Å². The van der Waals surface area contributed by atoms with Gasteiger partial charge in [0.05, 0.1) is 41.2 Å². The number of anilines is 1. The average Bonchev–Trinajstić information content (AvgIpc) is 3.00. The van der Waals surface area contributed by atoms with Gasteiger partial charge in [-0.1, -0.05) is 38.1 Å². The molecule has 1 aliphatic carbocycles. The summed E-state index contributed by atoms with van der Waals surface area (Å²) in [5, 5.41) is 0. The van der Waals surface area contributed by atoms with Crippen molar-refractivity contribution in [3.05, 3.63) is 89.0 Å².